The lowest BCUT2D eigenvalue weighted by Crippen LogP contribution is -2.00. The first kappa shape index (κ1) is 11.2. The summed E-state index contributed by atoms with van der Waals surface area (Å²) in [6.07, 6.45) is 1.72. The molecule has 2 rings (SSSR count). The highest BCUT2D eigenvalue weighted by Crippen LogP contribution is 2.32. The molecular formula is C10H7I2NO2. The molecule has 0 atom stereocenters. The van der Waals surface area contributed by atoms with Crippen molar-refractivity contribution in [2.45, 2.75) is 6.92 Å². The number of halogens is 2. The van der Waals surface area contributed by atoms with E-state index in [1.165, 1.54) is 6.92 Å². The maximum atomic E-state index is 10.9. The van der Waals surface area contributed by atoms with Gasteiger partial charge in [0.1, 0.15) is 0 Å². The number of carbonyl (C=O) groups is 1. The van der Waals surface area contributed by atoms with Crippen molar-refractivity contribution in [1.29, 1.82) is 0 Å². The highest BCUT2D eigenvalue weighted by atomic mass is 127. The molecule has 0 bridgehead atoms. The lowest BCUT2D eigenvalue weighted by Gasteiger charge is -2.01. The second-order valence-electron chi connectivity index (χ2n) is 3.03. The zero-order valence-corrected chi connectivity index (χ0v) is 12.1. The first-order valence-corrected chi connectivity index (χ1v) is 6.39. The minimum Gasteiger partial charge on any atom is -0.424 e. The van der Waals surface area contributed by atoms with Crippen LogP contribution < -0.4 is 4.74 Å². The number of hydrogen-bond donors (Lipinski definition) is 1. The molecule has 0 aliphatic rings. The number of nitrogens with one attached hydrogen (secondary N) is 1. The van der Waals surface area contributed by atoms with E-state index in [1.807, 2.05) is 12.1 Å². The number of ether oxygens (including phenoxy) is 1. The van der Waals surface area contributed by atoms with E-state index in [1.54, 1.807) is 6.20 Å². The molecule has 0 amide bonds. The van der Waals surface area contributed by atoms with Crippen LogP contribution in [-0.2, 0) is 4.79 Å². The fourth-order valence-corrected chi connectivity index (χ4v) is 2.70. The fourth-order valence-electron chi connectivity index (χ4n) is 1.38. The van der Waals surface area contributed by atoms with E-state index in [4.69, 9.17) is 4.74 Å². The third kappa shape index (κ3) is 2.12. The van der Waals surface area contributed by atoms with Crippen LogP contribution in [0.2, 0.25) is 0 Å². The largest absolute Gasteiger partial charge is 0.424 e. The van der Waals surface area contributed by atoms with Crippen molar-refractivity contribution >= 4 is 62.1 Å². The molecule has 1 aromatic heterocycles. The van der Waals surface area contributed by atoms with Crippen LogP contribution in [0.5, 0.6) is 5.75 Å². The minimum absolute atomic E-state index is 0.300. The third-order valence-corrected chi connectivity index (χ3v) is 3.75. The van der Waals surface area contributed by atoms with Gasteiger partial charge in [-0.1, -0.05) is 0 Å². The number of aromatic amines is 1. The Balaban J connectivity index is 2.67. The van der Waals surface area contributed by atoms with Gasteiger partial charge in [0.15, 0.2) is 5.75 Å². The van der Waals surface area contributed by atoms with Crippen molar-refractivity contribution in [2.75, 3.05) is 0 Å². The molecule has 0 fully saturated rings. The summed E-state index contributed by atoms with van der Waals surface area (Å²) in [6, 6.07) is 4.03. The standard InChI is InChI=1S/C10H7I2NO2/c1-5(14)15-8-4-13-10-7(12)3-2-6(11)9(8)10/h2-4,13H,1H3. The fraction of sp³-hybridized carbons (Fsp3) is 0.100. The maximum absolute atomic E-state index is 10.9. The van der Waals surface area contributed by atoms with Gasteiger partial charge in [-0.05, 0) is 57.3 Å². The van der Waals surface area contributed by atoms with Crippen LogP contribution in [0.4, 0.5) is 0 Å². The van der Waals surface area contributed by atoms with Gasteiger partial charge in [0.25, 0.3) is 0 Å². The van der Waals surface area contributed by atoms with Gasteiger partial charge in [0.05, 0.1) is 10.9 Å². The molecule has 1 heterocycles. The zero-order valence-electron chi connectivity index (χ0n) is 7.80. The summed E-state index contributed by atoms with van der Waals surface area (Å²) in [7, 11) is 0. The van der Waals surface area contributed by atoms with Crippen molar-refractivity contribution in [1.82, 2.24) is 4.98 Å². The van der Waals surface area contributed by atoms with Crippen LogP contribution >= 0.6 is 45.2 Å². The molecule has 0 saturated carbocycles. The average Bonchev–Trinajstić information content (AvgIpc) is 2.56. The molecule has 0 spiro atoms. The molecule has 0 unspecified atom stereocenters. The quantitative estimate of drug-likeness (QED) is 0.561. The van der Waals surface area contributed by atoms with Crippen molar-refractivity contribution < 1.29 is 9.53 Å². The zero-order chi connectivity index (χ0) is 11.0. The predicted octanol–water partition coefficient (Wildman–Crippen LogP) is 3.30. The Bertz CT molecular complexity index is 533. The van der Waals surface area contributed by atoms with Crippen LogP contribution in [0.15, 0.2) is 18.3 Å². The molecule has 1 N–H and O–H groups in total. The molecule has 2 aromatic rings. The Morgan fingerprint density at radius 3 is 2.67 bits per heavy atom. The lowest BCUT2D eigenvalue weighted by molar-refractivity contribution is -0.131. The third-order valence-electron chi connectivity index (χ3n) is 1.95. The highest BCUT2D eigenvalue weighted by molar-refractivity contribution is 14.1. The molecule has 3 nitrogen and oxygen atoms in total. The molecular weight excluding hydrogens is 420 g/mol. The van der Waals surface area contributed by atoms with Crippen LogP contribution in [0, 0.1) is 7.14 Å². The molecule has 0 aliphatic heterocycles. The van der Waals surface area contributed by atoms with Gasteiger partial charge >= 0.3 is 5.97 Å². The van der Waals surface area contributed by atoms with Crippen molar-refractivity contribution in [2.24, 2.45) is 0 Å². The Hall–Kier alpha value is -0.310. The normalized spacial score (nSPS) is 10.6. The monoisotopic (exact) mass is 427 g/mol. The molecule has 0 aliphatic carbocycles. The Morgan fingerprint density at radius 1 is 1.33 bits per heavy atom. The number of carbonyl (C=O) groups excluding carboxylic acids is 1. The van der Waals surface area contributed by atoms with Gasteiger partial charge in [0, 0.05) is 20.3 Å². The SMILES string of the molecule is CC(=O)Oc1c[nH]c2c(I)ccc(I)c12. The molecule has 0 saturated heterocycles. The summed E-state index contributed by atoms with van der Waals surface area (Å²) in [4.78, 5) is 14.0. The number of rotatable bonds is 1. The molecule has 15 heavy (non-hydrogen) atoms. The molecule has 5 heteroatoms. The van der Waals surface area contributed by atoms with Gasteiger partial charge < -0.3 is 9.72 Å². The Morgan fingerprint density at radius 2 is 2.00 bits per heavy atom. The number of hydrogen-bond acceptors (Lipinski definition) is 2. The average molecular weight is 427 g/mol. The number of aromatic nitrogens is 1. The van der Waals surface area contributed by atoms with Gasteiger partial charge in [-0.2, -0.15) is 0 Å². The van der Waals surface area contributed by atoms with Crippen LogP contribution in [0.25, 0.3) is 10.9 Å². The van der Waals surface area contributed by atoms with E-state index in [2.05, 4.69) is 50.2 Å². The van der Waals surface area contributed by atoms with Gasteiger partial charge in [-0.3, -0.25) is 4.79 Å². The van der Waals surface area contributed by atoms with Gasteiger partial charge in [0.2, 0.25) is 0 Å². The maximum Gasteiger partial charge on any atom is 0.308 e. The van der Waals surface area contributed by atoms with Crippen LogP contribution in [0.1, 0.15) is 6.92 Å². The second-order valence-corrected chi connectivity index (χ2v) is 5.35. The lowest BCUT2D eigenvalue weighted by atomic mass is 10.2. The number of esters is 1. The van der Waals surface area contributed by atoms with E-state index in [9.17, 15) is 4.79 Å². The van der Waals surface area contributed by atoms with Gasteiger partial charge in [-0.15, -0.1) is 0 Å². The molecule has 1 aromatic carbocycles. The van der Waals surface area contributed by atoms with E-state index in [0.29, 0.717) is 5.75 Å². The Labute approximate surface area is 114 Å². The topological polar surface area (TPSA) is 42.1 Å². The summed E-state index contributed by atoms with van der Waals surface area (Å²) < 4.78 is 7.31. The molecule has 78 valence electrons. The summed E-state index contributed by atoms with van der Waals surface area (Å²) in [5.74, 6) is 0.297. The van der Waals surface area contributed by atoms with Crippen molar-refractivity contribution in [3.63, 3.8) is 0 Å². The van der Waals surface area contributed by atoms with Gasteiger partial charge in [-0.25, -0.2) is 0 Å². The van der Waals surface area contributed by atoms with Crippen LogP contribution in [-0.4, -0.2) is 11.0 Å². The molecule has 0 radical (unpaired) electrons. The number of H-pyrrole nitrogens is 1. The highest BCUT2D eigenvalue weighted by Gasteiger charge is 2.12. The minimum atomic E-state index is -0.300. The first-order chi connectivity index (χ1) is 7.09. The van der Waals surface area contributed by atoms with E-state index >= 15 is 0 Å². The predicted molar refractivity (Wildman–Crippen MR) is 75.0 cm³/mol. The number of fused-ring (bicyclic) bond motifs is 1. The van der Waals surface area contributed by atoms with E-state index in [0.717, 1.165) is 18.0 Å². The summed E-state index contributed by atoms with van der Waals surface area (Å²) in [5, 5.41) is 0.970. The smallest absolute Gasteiger partial charge is 0.308 e. The summed E-state index contributed by atoms with van der Waals surface area (Å²) in [5.41, 5.74) is 1.01. The van der Waals surface area contributed by atoms with Crippen LogP contribution in [0.3, 0.4) is 0 Å². The van der Waals surface area contributed by atoms with E-state index < -0.39 is 0 Å². The number of benzene rings is 1. The Kier molecular flexibility index (Phi) is 3.19. The van der Waals surface area contributed by atoms with E-state index in [-0.39, 0.29) is 5.97 Å². The second kappa shape index (κ2) is 4.28. The first-order valence-electron chi connectivity index (χ1n) is 4.23. The van der Waals surface area contributed by atoms with Crippen molar-refractivity contribution in [3.8, 4) is 5.75 Å². The van der Waals surface area contributed by atoms with Crippen molar-refractivity contribution in [3.05, 3.63) is 25.5 Å². The summed E-state index contributed by atoms with van der Waals surface area (Å²) in [6.45, 7) is 1.40. The summed E-state index contributed by atoms with van der Waals surface area (Å²) >= 11 is 4.48.